The number of halogens is 1. The van der Waals surface area contributed by atoms with Crippen LogP contribution < -0.4 is 16.2 Å². The normalized spacial score (nSPS) is 10.4. The van der Waals surface area contributed by atoms with Gasteiger partial charge < -0.3 is 10.6 Å². The van der Waals surface area contributed by atoms with E-state index in [1.165, 1.54) is 33.6 Å². The largest absolute Gasteiger partial charge is 0.354 e. The van der Waals surface area contributed by atoms with Gasteiger partial charge in [0.05, 0.1) is 11.4 Å². The highest BCUT2D eigenvalue weighted by atomic mass is 35.5. The number of thioether (sulfide) groups is 1. The summed E-state index contributed by atoms with van der Waals surface area (Å²) in [7, 11) is 0. The second kappa shape index (κ2) is 9.83. The molecule has 0 aliphatic carbocycles. The summed E-state index contributed by atoms with van der Waals surface area (Å²) in [6, 6.07) is 1.52. The van der Waals surface area contributed by atoms with Crippen LogP contribution in [0.15, 0.2) is 22.4 Å². The monoisotopic (exact) mass is 362 g/mol. The molecule has 22 heavy (non-hydrogen) atoms. The number of carbonyl (C=O) groups excluding carboxylic acids is 1. The van der Waals surface area contributed by atoms with Gasteiger partial charge in [0.25, 0.3) is 5.56 Å². The number of fused-ring (bicyclic) bond motifs is 1. The molecule has 1 amide bonds. The van der Waals surface area contributed by atoms with Gasteiger partial charge in [0.1, 0.15) is 0 Å². The lowest BCUT2D eigenvalue weighted by Crippen LogP contribution is -2.32. The molecule has 0 fully saturated rings. The Hall–Kier alpha value is -1.09. The highest BCUT2D eigenvalue weighted by Crippen LogP contribution is 2.11. The van der Waals surface area contributed by atoms with E-state index in [0.717, 1.165) is 13.1 Å². The molecule has 122 valence electrons. The first-order valence-electron chi connectivity index (χ1n) is 6.71. The average molecular weight is 363 g/mol. The van der Waals surface area contributed by atoms with Gasteiger partial charge in [-0.15, -0.1) is 35.5 Å². The third-order valence-corrected chi connectivity index (χ3v) is 4.44. The number of thiazole rings is 1. The Bertz CT molecular complexity index is 659. The zero-order valence-electron chi connectivity index (χ0n) is 12.2. The van der Waals surface area contributed by atoms with Crippen molar-refractivity contribution in [1.29, 1.82) is 0 Å². The Morgan fingerprint density at radius 3 is 3.05 bits per heavy atom. The summed E-state index contributed by atoms with van der Waals surface area (Å²) in [5.41, 5.74) is 0.639. The minimum absolute atomic E-state index is 0. The summed E-state index contributed by atoms with van der Waals surface area (Å²) in [5, 5.41) is 7.80. The van der Waals surface area contributed by atoms with Gasteiger partial charge in [-0.05, 0) is 6.54 Å². The van der Waals surface area contributed by atoms with Gasteiger partial charge in [0.2, 0.25) is 5.91 Å². The summed E-state index contributed by atoms with van der Waals surface area (Å²) in [4.78, 5) is 28.5. The van der Waals surface area contributed by atoms with Crippen LogP contribution in [0.4, 0.5) is 0 Å². The summed E-state index contributed by atoms with van der Waals surface area (Å²) in [6.07, 6.45) is 1.71. The number of likely N-dealkylation sites (N-methyl/N-ethyl adjacent to an activating group) is 1. The van der Waals surface area contributed by atoms with Crippen molar-refractivity contribution in [2.45, 2.75) is 12.7 Å². The van der Waals surface area contributed by atoms with Crippen LogP contribution in [0, 0.1) is 0 Å². The van der Waals surface area contributed by atoms with Gasteiger partial charge >= 0.3 is 0 Å². The predicted octanol–water partition coefficient (Wildman–Crippen LogP) is 1.14. The summed E-state index contributed by atoms with van der Waals surface area (Å²) in [6.45, 7) is 4.34. The topological polar surface area (TPSA) is 75.5 Å². The quantitative estimate of drug-likeness (QED) is 0.689. The van der Waals surface area contributed by atoms with Crippen LogP contribution in [0.2, 0.25) is 0 Å². The van der Waals surface area contributed by atoms with E-state index in [-0.39, 0.29) is 23.9 Å². The van der Waals surface area contributed by atoms with Gasteiger partial charge in [0.15, 0.2) is 4.96 Å². The maximum absolute atomic E-state index is 11.8. The molecule has 0 aliphatic rings. The van der Waals surface area contributed by atoms with Gasteiger partial charge in [-0.2, -0.15) is 0 Å². The molecule has 0 aromatic carbocycles. The predicted molar refractivity (Wildman–Crippen MR) is 94.3 cm³/mol. The van der Waals surface area contributed by atoms with Crippen molar-refractivity contribution < 1.29 is 4.79 Å². The van der Waals surface area contributed by atoms with Crippen molar-refractivity contribution in [2.24, 2.45) is 0 Å². The van der Waals surface area contributed by atoms with Crippen LogP contribution in [0.5, 0.6) is 0 Å². The summed E-state index contributed by atoms with van der Waals surface area (Å²) in [5.74, 6) is 0.939. The molecule has 6 nitrogen and oxygen atoms in total. The van der Waals surface area contributed by atoms with Crippen molar-refractivity contribution in [3.05, 3.63) is 33.7 Å². The van der Waals surface area contributed by atoms with E-state index >= 15 is 0 Å². The molecule has 0 unspecified atom stereocenters. The third kappa shape index (κ3) is 5.60. The Kier molecular flexibility index (Phi) is 8.47. The molecule has 0 aliphatic heterocycles. The van der Waals surface area contributed by atoms with Gasteiger partial charge in [-0.25, -0.2) is 4.98 Å². The highest BCUT2D eigenvalue weighted by Gasteiger charge is 2.05. The zero-order valence-corrected chi connectivity index (χ0v) is 14.7. The smallest absolute Gasteiger partial charge is 0.258 e. The Morgan fingerprint density at radius 2 is 2.27 bits per heavy atom. The first kappa shape index (κ1) is 19.0. The van der Waals surface area contributed by atoms with E-state index < -0.39 is 0 Å². The van der Waals surface area contributed by atoms with Gasteiger partial charge in [0, 0.05) is 36.5 Å². The van der Waals surface area contributed by atoms with Crippen molar-refractivity contribution in [1.82, 2.24) is 20.0 Å². The number of nitrogens with zero attached hydrogens (tertiary/aromatic N) is 2. The maximum Gasteiger partial charge on any atom is 0.258 e. The van der Waals surface area contributed by atoms with Crippen LogP contribution in [0.1, 0.15) is 12.6 Å². The van der Waals surface area contributed by atoms with E-state index in [4.69, 9.17) is 0 Å². The number of rotatable bonds is 8. The molecule has 0 bridgehead atoms. The van der Waals surface area contributed by atoms with E-state index in [2.05, 4.69) is 15.6 Å². The van der Waals surface area contributed by atoms with Crippen molar-refractivity contribution in [2.75, 3.05) is 25.4 Å². The van der Waals surface area contributed by atoms with Crippen LogP contribution in [0.25, 0.3) is 4.96 Å². The third-order valence-electron chi connectivity index (χ3n) is 2.71. The molecule has 0 spiro atoms. The SMILES string of the molecule is CCNCCNC(=O)CSCc1cc(=O)n2ccsc2n1.Cl. The molecule has 0 saturated heterocycles. The first-order valence-corrected chi connectivity index (χ1v) is 8.75. The lowest BCUT2D eigenvalue weighted by atomic mass is 10.4. The van der Waals surface area contributed by atoms with Gasteiger partial charge in [-0.3, -0.25) is 14.0 Å². The van der Waals surface area contributed by atoms with Crippen LogP contribution in [-0.2, 0) is 10.5 Å². The number of nitrogens with one attached hydrogen (secondary N) is 2. The molecule has 2 aromatic heterocycles. The number of amides is 1. The van der Waals surface area contributed by atoms with Crippen LogP contribution >= 0.6 is 35.5 Å². The minimum atomic E-state index is -0.0769. The number of hydrogen-bond donors (Lipinski definition) is 2. The lowest BCUT2D eigenvalue weighted by Gasteiger charge is -2.05. The zero-order chi connectivity index (χ0) is 15.1. The fourth-order valence-electron chi connectivity index (χ4n) is 1.73. The van der Waals surface area contributed by atoms with Crippen LogP contribution in [0.3, 0.4) is 0 Å². The number of carbonyl (C=O) groups is 1. The highest BCUT2D eigenvalue weighted by molar-refractivity contribution is 7.99. The average Bonchev–Trinajstić information content (AvgIpc) is 2.92. The molecule has 0 saturated carbocycles. The van der Waals surface area contributed by atoms with E-state index in [1.807, 2.05) is 12.3 Å². The molecule has 2 rings (SSSR count). The molecule has 0 atom stereocenters. The van der Waals surface area contributed by atoms with E-state index in [1.54, 1.807) is 6.20 Å². The van der Waals surface area contributed by atoms with Crippen molar-refractivity contribution in [3.63, 3.8) is 0 Å². The fourth-order valence-corrected chi connectivity index (χ4v) is 3.21. The van der Waals surface area contributed by atoms with Gasteiger partial charge in [-0.1, -0.05) is 6.92 Å². The maximum atomic E-state index is 11.8. The van der Waals surface area contributed by atoms with E-state index in [0.29, 0.717) is 28.7 Å². The summed E-state index contributed by atoms with van der Waals surface area (Å²) < 4.78 is 1.52. The molecule has 2 heterocycles. The van der Waals surface area contributed by atoms with Crippen molar-refractivity contribution in [3.8, 4) is 0 Å². The van der Waals surface area contributed by atoms with Crippen molar-refractivity contribution >= 4 is 46.4 Å². The van der Waals surface area contributed by atoms with E-state index in [9.17, 15) is 9.59 Å². The number of aromatic nitrogens is 2. The summed E-state index contributed by atoms with van der Waals surface area (Å²) >= 11 is 2.89. The Morgan fingerprint density at radius 1 is 1.45 bits per heavy atom. The number of hydrogen-bond acceptors (Lipinski definition) is 6. The second-order valence-corrected chi connectivity index (χ2v) is 6.20. The molecule has 2 N–H and O–H groups in total. The minimum Gasteiger partial charge on any atom is -0.354 e. The molecular weight excluding hydrogens is 344 g/mol. The first-order chi connectivity index (χ1) is 10.2. The molecular formula is C13H19ClN4O2S2. The molecule has 2 aromatic rings. The second-order valence-electron chi connectivity index (χ2n) is 4.34. The lowest BCUT2D eigenvalue weighted by molar-refractivity contribution is -0.118. The fraction of sp³-hybridized carbons (Fsp3) is 0.462. The van der Waals surface area contributed by atoms with Crippen LogP contribution in [-0.4, -0.2) is 40.7 Å². The molecule has 9 heteroatoms. The Labute approximate surface area is 143 Å². The standard InChI is InChI=1S/C13H18N4O2S2.ClH/c1-2-14-3-4-15-11(18)9-20-8-10-7-12(19)17-5-6-21-13(17)16-10;/h5-7,14H,2-4,8-9H2,1H3,(H,15,18);1H. The molecule has 0 radical (unpaired) electrons. The Balaban J connectivity index is 0.00000242.